The fourth-order valence-electron chi connectivity index (χ4n) is 2.64. The van der Waals surface area contributed by atoms with Gasteiger partial charge in [0.05, 0.1) is 0 Å². The van der Waals surface area contributed by atoms with E-state index in [1.165, 1.54) is 24.3 Å². The van der Waals surface area contributed by atoms with E-state index in [9.17, 15) is 4.39 Å². The van der Waals surface area contributed by atoms with Crippen molar-refractivity contribution >= 4 is 11.8 Å². The van der Waals surface area contributed by atoms with Crippen LogP contribution in [0.4, 0.5) is 4.39 Å². The summed E-state index contributed by atoms with van der Waals surface area (Å²) in [7, 11) is 1.95. The summed E-state index contributed by atoms with van der Waals surface area (Å²) in [6, 6.07) is 7.24. The summed E-state index contributed by atoms with van der Waals surface area (Å²) < 4.78 is 13.9. The number of thioether (sulfide) groups is 1. The minimum absolute atomic E-state index is 0.0500. The third-order valence-corrected chi connectivity index (χ3v) is 4.61. The molecule has 17 heavy (non-hydrogen) atoms. The summed E-state index contributed by atoms with van der Waals surface area (Å²) in [4.78, 5) is 0. The highest BCUT2D eigenvalue weighted by molar-refractivity contribution is 7.99. The van der Waals surface area contributed by atoms with Gasteiger partial charge in [0.25, 0.3) is 0 Å². The molecule has 0 spiro atoms. The van der Waals surface area contributed by atoms with Crippen LogP contribution in [0.15, 0.2) is 24.3 Å². The van der Waals surface area contributed by atoms with E-state index in [1.54, 1.807) is 12.1 Å². The van der Waals surface area contributed by atoms with Gasteiger partial charge in [-0.3, -0.25) is 0 Å². The van der Waals surface area contributed by atoms with Gasteiger partial charge in [0.1, 0.15) is 5.82 Å². The van der Waals surface area contributed by atoms with Crippen molar-refractivity contribution in [3.63, 3.8) is 0 Å². The summed E-state index contributed by atoms with van der Waals surface area (Å²) >= 11 is 2.02. The second-order valence-electron chi connectivity index (χ2n) is 4.64. The first kappa shape index (κ1) is 12.9. The smallest absolute Gasteiger partial charge is 0.126 e. The third-order valence-electron chi connectivity index (χ3n) is 3.56. The Hall–Kier alpha value is -0.540. The number of hydrogen-bond donors (Lipinski definition) is 1. The molecule has 1 aromatic rings. The van der Waals surface area contributed by atoms with Crippen molar-refractivity contribution < 1.29 is 4.39 Å². The first-order valence-corrected chi connectivity index (χ1v) is 7.45. The van der Waals surface area contributed by atoms with E-state index in [0.717, 1.165) is 12.1 Å². The zero-order valence-corrected chi connectivity index (χ0v) is 11.1. The van der Waals surface area contributed by atoms with E-state index in [1.807, 2.05) is 30.9 Å². The SMILES string of the molecule is CNCC(c1ccccc1F)C1CCSCC1. The van der Waals surface area contributed by atoms with Gasteiger partial charge < -0.3 is 5.32 Å². The fourth-order valence-corrected chi connectivity index (χ4v) is 3.79. The molecule has 3 heteroatoms. The molecule has 94 valence electrons. The molecule has 1 aliphatic heterocycles. The maximum Gasteiger partial charge on any atom is 0.126 e. The average molecular weight is 253 g/mol. The Kier molecular flexibility index (Phi) is 4.86. The number of halogens is 1. The molecule has 2 rings (SSSR count). The second-order valence-corrected chi connectivity index (χ2v) is 5.86. The average Bonchev–Trinajstić information content (AvgIpc) is 2.38. The van der Waals surface area contributed by atoms with Crippen LogP contribution in [0.3, 0.4) is 0 Å². The van der Waals surface area contributed by atoms with Crippen LogP contribution in [0.25, 0.3) is 0 Å². The largest absolute Gasteiger partial charge is 0.319 e. The second kappa shape index (κ2) is 6.41. The van der Waals surface area contributed by atoms with Crippen molar-refractivity contribution in [2.45, 2.75) is 18.8 Å². The monoisotopic (exact) mass is 253 g/mol. The lowest BCUT2D eigenvalue weighted by Gasteiger charge is -2.30. The summed E-state index contributed by atoms with van der Waals surface area (Å²) in [5.41, 5.74) is 0.888. The Morgan fingerprint density at radius 3 is 2.71 bits per heavy atom. The fraction of sp³-hybridized carbons (Fsp3) is 0.571. The van der Waals surface area contributed by atoms with E-state index in [4.69, 9.17) is 0 Å². The van der Waals surface area contributed by atoms with Gasteiger partial charge in [0.15, 0.2) is 0 Å². The molecule has 1 saturated heterocycles. The first-order chi connectivity index (χ1) is 8.33. The lowest BCUT2D eigenvalue weighted by atomic mass is 9.82. The lowest BCUT2D eigenvalue weighted by molar-refractivity contribution is 0.376. The van der Waals surface area contributed by atoms with Gasteiger partial charge in [-0.2, -0.15) is 11.8 Å². The predicted molar refractivity (Wildman–Crippen MR) is 73.1 cm³/mol. The van der Waals surface area contributed by atoms with E-state index >= 15 is 0 Å². The molecule has 0 aliphatic carbocycles. The molecule has 0 bridgehead atoms. The van der Waals surface area contributed by atoms with Crippen LogP contribution < -0.4 is 5.32 Å². The zero-order chi connectivity index (χ0) is 12.1. The van der Waals surface area contributed by atoms with Crippen LogP contribution in [0.5, 0.6) is 0 Å². The Morgan fingerprint density at radius 1 is 1.35 bits per heavy atom. The minimum atomic E-state index is -0.0500. The van der Waals surface area contributed by atoms with Crippen LogP contribution in [-0.2, 0) is 0 Å². The number of rotatable bonds is 4. The molecule has 1 atom stereocenters. The molecule has 1 aromatic carbocycles. The normalized spacial score (nSPS) is 19.2. The first-order valence-electron chi connectivity index (χ1n) is 6.29. The molecule has 0 amide bonds. The Labute approximate surface area is 107 Å². The van der Waals surface area contributed by atoms with E-state index in [0.29, 0.717) is 11.8 Å². The Balaban J connectivity index is 2.18. The topological polar surface area (TPSA) is 12.0 Å². The van der Waals surface area contributed by atoms with Gasteiger partial charge in [0.2, 0.25) is 0 Å². The summed E-state index contributed by atoms with van der Waals surface area (Å²) in [5, 5.41) is 3.22. The molecule has 0 aromatic heterocycles. The van der Waals surface area contributed by atoms with Crippen LogP contribution in [-0.4, -0.2) is 25.1 Å². The third kappa shape index (κ3) is 3.23. The Bertz CT molecular complexity index is 350. The molecule has 1 unspecified atom stereocenters. The molecular formula is C14H20FNS. The number of likely N-dealkylation sites (N-methyl/N-ethyl adjacent to an activating group) is 1. The summed E-state index contributed by atoms with van der Waals surface area (Å²) in [6.45, 7) is 0.871. The van der Waals surface area contributed by atoms with Crippen molar-refractivity contribution in [2.75, 3.05) is 25.1 Å². The maximum absolute atomic E-state index is 13.9. The number of hydrogen-bond acceptors (Lipinski definition) is 2. The van der Waals surface area contributed by atoms with Crippen LogP contribution in [0.2, 0.25) is 0 Å². The maximum atomic E-state index is 13.9. The summed E-state index contributed by atoms with van der Waals surface area (Å²) in [5.74, 6) is 3.34. The quantitative estimate of drug-likeness (QED) is 0.884. The van der Waals surface area contributed by atoms with Gasteiger partial charge in [-0.05, 0) is 48.9 Å². The van der Waals surface area contributed by atoms with Crippen molar-refractivity contribution in [3.8, 4) is 0 Å². The van der Waals surface area contributed by atoms with E-state index < -0.39 is 0 Å². The summed E-state index contributed by atoms with van der Waals surface area (Å²) in [6.07, 6.45) is 2.43. The van der Waals surface area contributed by atoms with Crippen LogP contribution >= 0.6 is 11.8 Å². The van der Waals surface area contributed by atoms with Gasteiger partial charge >= 0.3 is 0 Å². The standard InChI is InChI=1S/C14H20FNS/c1-16-10-13(11-6-8-17-9-7-11)12-4-2-3-5-14(12)15/h2-5,11,13,16H,6-10H2,1H3. The molecule has 0 radical (unpaired) electrons. The van der Waals surface area contributed by atoms with Crippen molar-refractivity contribution in [2.24, 2.45) is 5.92 Å². The molecule has 1 aliphatic rings. The van der Waals surface area contributed by atoms with Crippen LogP contribution in [0.1, 0.15) is 24.3 Å². The molecule has 1 heterocycles. The van der Waals surface area contributed by atoms with Crippen molar-refractivity contribution in [1.82, 2.24) is 5.32 Å². The predicted octanol–water partition coefficient (Wildman–Crippen LogP) is 3.27. The molecule has 1 N–H and O–H groups in total. The zero-order valence-electron chi connectivity index (χ0n) is 10.3. The van der Waals surface area contributed by atoms with E-state index in [-0.39, 0.29) is 5.82 Å². The van der Waals surface area contributed by atoms with Gasteiger partial charge in [-0.25, -0.2) is 4.39 Å². The van der Waals surface area contributed by atoms with Gasteiger partial charge in [-0.15, -0.1) is 0 Å². The minimum Gasteiger partial charge on any atom is -0.319 e. The van der Waals surface area contributed by atoms with Crippen molar-refractivity contribution in [3.05, 3.63) is 35.6 Å². The molecule has 1 nitrogen and oxygen atoms in total. The highest BCUT2D eigenvalue weighted by Gasteiger charge is 2.26. The molecule has 0 saturated carbocycles. The highest BCUT2D eigenvalue weighted by Crippen LogP contribution is 2.35. The lowest BCUT2D eigenvalue weighted by Crippen LogP contribution is -2.27. The van der Waals surface area contributed by atoms with E-state index in [2.05, 4.69) is 5.32 Å². The number of benzene rings is 1. The van der Waals surface area contributed by atoms with Gasteiger partial charge in [0, 0.05) is 12.5 Å². The van der Waals surface area contributed by atoms with Crippen molar-refractivity contribution in [1.29, 1.82) is 0 Å². The molecule has 1 fully saturated rings. The van der Waals surface area contributed by atoms with Crippen LogP contribution in [0, 0.1) is 11.7 Å². The Morgan fingerprint density at radius 2 is 2.06 bits per heavy atom. The number of nitrogens with one attached hydrogen (secondary N) is 1. The van der Waals surface area contributed by atoms with Gasteiger partial charge in [-0.1, -0.05) is 18.2 Å². The molecular weight excluding hydrogens is 233 g/mol. The highest BCUT2D eigenvalue weighted by atomic mass is 32.2.